The van der Waals surface area contributed by atoms with Crippen LogP contribution in [0.4, 0.5) is 0 Å². The molecular weight excluding hydrogens is 432 g/mol. The van der Waals surface area contributed by atoms with Crippen LogP contribution < -0.4 is 0 Å². The number of hydrogen-bond donors (Lipinski definition) is 0. The molecule has 1 saturated heterocycles. The van der Waals surface area contributed by atoms with Crippen molar-refractivity contribution in [3.05, 3.63) is 107 Å². The van der Waals surface area contributed by atoms with Crippen molar-refractivity contribution in [1.82, 2.24) is 9.80 Å². The average molecular weight is 469 g/mol. The summed E-state index contributed by atoms with van der Waals surface area (Å²) >= 11 is 0. The second-order valence-electron chi connectivity index (χ2n) is 10.2. The Morgan fingerprint density at radius 1 is 0.971 bits per heavy atom. The Kier molecular flexibility index (Phi) is 7.03. The molecule has 0 radical (unpaired) electrons. The van der Waals surface area contributed by atoms with E-state index in [0.717, 1.165) is 51.1 Å². The minimum absolute atomic E-state index is 0.0830. The van der Waals surface area contributed by atoms with Gasteiger partial charge in [0.15, 0.2) is 0 Å². The molecule has 0 N–H and O–H groups in total. The predicted molar refractivity (Wildman–Crippen MR) is 141 cm³/mol. The molecule has 5 rings (SSSR count). The lowest BCUT2D eigenvalue weighted by atomic mass is 9.83. The number of piperidine rings is 1. The van der Waals surface area contributed by atoms with Gasteiger partial charge in [0.2, 0.25) is 0 Å². The standard InChI is InChI=1S/C31H36N2O2/c1-24-12-14-25(15-13-24)27(22-32(2)30(34)26-8-4-3-5-9-26)16-19-33-20-17-31(18-21-33)29-11-7-6-10-28(29)23-35-31/h3-15,27H,16-23H2,1-2H3. The van der Waals surface area contributed by atoms with E-state index >= 15 is 0 Å². The van der Waals surface area contributed by atoms with E-state index in [9.17, 15) is 4.79 Å². The Morgan fingerprint density at radius 3 is 2.40 bits per heavy atom. The fourth-order valence-corrected chi connectivity index (χ4v) is 5.69. The first-order chi connectivity index (χ1) is 17.0. The summed E-state index contributed by atoms with van der Waals surface area (Å²) in [5.41, 5.74) is 5.98. The van der Waals surface area contributed by atoms with E-state index in [4.69, 9.17) is 4.74 Å². The number of amides is 1. The Hall–Kier alpha value is -2.95. The first-order valence-electron chi connectivity index (χ1n) is 12.9. The van der Waals surface area contributed by atoms with Crippen molar-refractivity contribution in [3.8, 4) is 0 Å². The zero-order valence-electron chi connectivity index (χ0n) is 21.0. The normalized spacial score (nSPS) is 17.8. The maximum atomic E-state index is 13.0. The number of fused-ring (bicyclic) bond motifs is 2. The minimum atomic E-state index is -0.0915. The molecule has 182 valence electrons. The number of nitrogens with zero attached hydrogens (tertiary/aromatic N) is 2. The van der Waals surface area contributed by atoms with Crippen LogP contribution >= 0.6 is 0 Å². The molecule has 2 heterocycles. The Labute approximate surface area is 209 Å². The van der Waals surface area contributed by atoms with Crippen LogP contribution in [0.1, 0.15) is 57.8 Å². The number of hydrogen-bond acceptors (Lipinski definition) is 3. The van der Waals surface area contributed by atoms with Crippen molar-refractivity contribution in [1.29, 1.82) is 0 Å². The Morgan fingerprint density at radius 2 is 1.66 bits per heavy atom. The average Bonchev–Trinajstić information content (AvgIpc) is 3.26. The number of rotatable bonds is 7. The molecule has 35 heavy (non-hydrogen) atoms. The third-order valence-corrected chi connectivity index (χ3v) is 7.88. The zero-order valence-corrected chi connectivity index (χ0v) is 21.0. The van der Waals surface area contributed by atoms with E-state index in [-0.39, 0.29) is 11.5 Å². The summed E-state index contributed by atoms with van der Waals surface area (Å²) in [5, 5.41) is 0. The molecule has 2 aliphatic rings. The Balaban J connectivity index is 1.23. The van der Waals surface area contributed by atoms with E-state index in [1.165, 1.54) is 22.3 Å². The topological polar surface area (TPSA) is 32.8 Å². The molecule has 3 aromatic rings. The van der Waals surface area contributed by atoms with Gasteiger partial charge in [-0.05, 0) is 61.6 Å². The van der Waals surface area contributed by atoms with Crippen molar-refractivity contribution >= 4 is 5.91 Å². The van der Waals surface area contributed by atoms with Gasteiger partial charge in [-0.25, -0.2) is 0 Å². The molecule has 4 heteroatoms. The molecule has 0 saturated carbocycles. The van der Waals surface area contributed by atoms with E-state index in [0.29, 0.717) is 12.5 Å². The molecule has 2 aliphatic heterocycles. The number of benzene rings is 3. The van der Waals surface area contributed by atoms with Crippen LogP contribution in [-0.2, 0) is 16.9 Å². The van der Waals surface area contributed by atoms with Crippen LogP contribution in [0.5, 0.6) is 0 Å². The van der Waals surface area contributed by atoms with Crippen LogP contribution in [-0.4, -0.2) is 48.9 Å². The second kappa shape index (κ2) is 10.3. The van der Waals surface area contributed by atoms with Gasteiger partial charge in [-0.2, -0.15) is 0 Å². The first kappa shape index (κ1) is 23.8. The van der Waals surface area contributed by atoms with Crippen LogP contribution in [0, 0.1) is 6.92 Å². The Bertz CT molecular complexity index is 1130. The molecule has 1 unspecified atom stereocenters. The van der Waals surface area contributed by atoms with E-state index in [2.05, 4.69) is 60.4 Å². The van der Waals surface area contributed by atoms with Gasteiger partial charge in [0, 0.05) is 38.2 Å². The van der Waals surface area contributed by atoms with Crippen molar-refractivity contribution in [2.24, 2.45) is 0 Å². The van der Waals surface area contributed by atoms with Gasteiger partial charge >= 0.3 is 0 Å². The molecular formula is C31H36N2O2. The van der Waals surface area contributed by atoms with Crippen molar-refractivity contribution < 1.29 is 9.53 Å². The molecule has 1 atom stereocenters. The first-order valence-corrected chi connectivity index (χ1v) is 12.9. The maximum Gasteiger partial charge on any atom is 0.253 e. The minimum Gasteiger partial charge on any atom is -0.365 e. The van der Waals surface area contributed by atoms with Gasteiger partial charge in [-0.1, -0.05) is 72.3 Å². The highest BCUT2D eigenvalue weighted by atomic mass is 16.5. The summed E-state index contributed by atoms with van der Waals surface area (Å²) in [4.78, 5) is 17.5. The SMILES string of the molecule is Cc1ccc(C(CCN2CCC3(CC2)OCc2ccccc23)CN(C)C(=O)c2ccccc2)cc1. The highest BCUT2D eigenvalue weighted by Crippen LogP contribution is 2.44. The molecule has 1 amide bonds. The fourth-order valence-electron chi connectivity index (χ4n) is 5.69. The van der Waals surface area contributed by atoms with Gasteiger partial charge in [0.25, 0.3) is 5.91 Å². The molecule has 0 bridgehead atoms. The zero-order chi connectivity index (χ0) is 24.3. The molecule has 1 spiro atoms. The molecule has 0 aliphatic carbocycles. The number of carbonyl (C=O) groups excluding carboxylic acids is 1. The summed E-state index contributed by atoms with van der Waals surface area (Å²) in [7, 11) is 1.93. The van der Waals surface area contributed by atoms with Crippen molar-refractivity contribution in [2.75, 3.05) is 33.2 Å². The van der Waals surface area contributed by atoms with Crippen LogP contribution in [0.15, 0.2) is 78.9 Å². The summed E-state index contributed by atoms with van der Waals surface area (Å²) in [6.45, 7) is 6.71. The summed E-state index contributed by atoms with van der Waals surface area (Å²) in [6.07, 6.45) is 3.12. The lowest BCUT2D eigenvalue weighted by Gasteiger charge is -2.39. The molecule has 1 fully saturated rings. The summed E-state index contributed by atoms with van der Waals surface area (Å²) in [5.74, 6) is 0.382. The third kappa shape index (κ3) is 5.19. The van der Waals surface area contributed by atoms with Crippen molar-refractivity contribution in [2.45, 2.75) is 44.3 Å². The van der Waals surface area contributed by atoms with Crippen LogP contribution in [0.2, 0.25) is 0 Å². The highest BCUT2D eigenvalue weighted by Gasteiger charge is 2.42. The number of likely N-dealkylation sites (N-methyl/N-ethyl adjacent to an activating group) is 1. The van der Waals surface area contributed by atoms with Gasteiger partial charge in [-0.15, -0.1) is 0 Å². The van der Waals surface area contributed by atoms with E-state index < -0.39 is 0 Å². The van der Waals surface area contributed by atoms with Gasteiger partial charge in [-0.3, -0.25) is 4.79 Å². The lowest BCUT2D eigenvalue weighted by molar-refractivity contribution is -0.0790. The number of likely N-dealkylation sites (tertiary alicyclic amines) is 1. The number of aryl methyl sites for hydroxylation is 1. The van der Waals surface area contributed by atoms with Crippen molar-refractivity contribution in [3.63, 3.8) is 0 Å². The maximum absolute atomic E-state index is 13.0. The summed E-state index contributed by atoms with van der Waals surface area (Å²) < 4.78 is 6.36. The van der Waals surface area contributed by atoms with Gasteiger partial charge in [0.1, 0.15) is 0 Å². The third-order valence-electron chi connectivity index (χ3n) is 7.88. The van der Waals surface area contributed by atoms with E-state index in [1.807, 2.05) is 42.3 Å². The molecule has 3 aromatic carbocycles. The van der Waals surface area contributed by atoms with Crippen LogP contribution in [0.3, 0.4) is 0 Å². The quantitative estimate of drug-likeness (QED) is 0.442. The lowest BCUT2D eigenvalue weighted by Crippen LogP contribution is -2.43. The summed E-state index contributed by atoms with van der Waals surface area (Å²) in [6, 6.07) is 27.1. The van der Waals surface area contributed by atoms with Gasteiger partial charge in [0.05, 0.1) is 12.2 Å². The fraction of sp³-hybridized carbons (Fsp3) is 0.387. The van der Waals surface area contributed by atoms with E-state index in [1.54, 1.807) is 0 Å². The predicted octanol–water partition coefficient (Wildman–Crippen LogP) is 5.76. The monoisotopic (exact) mass is 468 g/mol. The number of ether oxygens (including phenoxy) is 1. The van der Waals surface area contributed by atoms with Crippen LogP contribution in [0.25, 0.3) is 0 Å². The smallest absolute Gasteiger partial charge is 0.253 e. The number of carbonyl (C=O) groups is 1. The highest BCUT2D eigenvalue weighted by molar-refractivity contribution is 5.94. The molecule has 4 nitrogen and oxygen atoms in total. The molecule has 0 aromatic heterocycles. The largest absolute Gasteiger partial charge is 0.365 e. The van der Waals surface area contributed by atoms with Gasteiger partial charge < -0.3 is 14.5 Å². The second-order valence-corrected chi connectivity index (χ2v) is 10.2.